The zero-order valence-electron chi connectivity index (χ0n) is 42.2. The monoisotopic (exact) mass is 923 g/mol. The summed E-state index contributed by atoms with van der Waals surface area (Å²) in [7, 11) is 5.02. The van der Waals surface area contributed by atoms with E-state index in [9.17, 15) is 38.4 Å². The smallest absolute Gasteiger partial charge is 0.410 e. The number of esters is 1. The number of imide groups is 1. The molecule has 0 spiro atoms. The van der Waals surface area contributed by atoms with Crippen LogP contribution in [-0.4, -0.2) is 116 Å². The summed E-state index contributed by atoms with van der Waals surface area (Å²) in [5, 5.41) is 7.18. The number of fused-ring (bicyclic) bond motifs is 1. The molecule has 2 N–H and O–H groups in total. The van der Waals surface area contributed by atoms with Crippen LogP contribution in [0.3, 0.4) is 0 Å². The number of rotatable bonds is 17. The van der Waals surface area contributed by atoms with E-state index in [1.54, 1.807) is 61.6 Å². The minimum absolute atomic E-state index is 0.0719. The first kappa shape index (κ1) is 54.6. The highest BCUT2D eigenvalue weighted by atomic mass is 16.7. The van der Waals surface area contributed by atoms with Crippen molar-refractivity contribution in [3.63, 3.8) is 0 Å². The van der Waals surface area contributed by atoms with Crippen LogP contribution in [0.2, 0.25) is 0 Å². The number of hydrogen-bond acceptors (Lipinski definition) is 11. The highest BCUT2D eigenvalue weighted by Crippen LogP contribution is 2.37. The van der Waals surface area contributed by atoms with Gasteiger partial charge in [-0.2, -0.15) is 0 Å². The van der Waals surface area contributed by atoms with Crippen LogP contribution < -0.4 is 10.6 Å². The third kappa shape index (κ3) is 14.4. The van der Waals surface area contributed by atoms with E-state index in [-0.39, 0.29) is 43.6 Å². The maximum Gasteiger partial charge on any atom is 0.410 e. The Labute approximate surface area is 390 Å². The second kappa shape index (κ2) is 21.3. The molecule has 0 bridgehead atoms. The number of aryl methyl sites for hydroxylation is 1. The summed E-state index contributed by atoms with van der Waals surface area (Å²) >= 11 is 0. The summed E-state index contributed by atoms with van der Waals surface area (Å²) in [6, 6.07) is 3.92. The van der Waals surface area contributed by atoms with Gasteiger partial charge in [0, 0.05) is 74.5 Å². The average molecular weight is 923 g/mol. The fraction of sp³-hybridized carbons (Fsp3) is 0.633. The standard InChI is InChI=1S/C49H74N6O11/c1-29(2)35(26-30(3)42(60)50-31(27-39(59)64-47(7,8)9)22-25-38(58)66-55-36(56)23-24-37(55)57)53(16)44(62)40(46(4,5)6)51-43(61)41(54(17)45(63)65-48(10,11)12)49(13,14)33-28-52(15)34-21-19-18-20-32(33)34/h18-21,26,28-29,31,35,40-41H,22-25,27H2,1-17H3,(H,50,60)(H,51,61). The van der Waals surface area contributed by atoms with Crippen LogP contribution in [0.4, 0.5) is 4.79 Å². The molecule has 3 rings (SSSR count). The van der Waals surface area contributed by atoms with E-state index in [0.717, 1.165) is 16.5 Å². The molecule has 0 radical (unpaired) electrons. The Kier molecular flexibility index (Phi) is 17.6. The van der Waals surface area contributed by atoms with Crippen molar-refractivity contribution in [1.29, 1.82) is 0 Å². The summed E-state index contributed by atoms with van der Waals surface area (Å²) in [5.41, 5.74) is -1.60. The Morgan fingerprint density at radius 2 is 1.36 bits per heavy atom. The van der Waals surface area contributed by atoms with Crippen molar-refractivity contribution >= 4 is 58.5 Å². The van der Waals surface area contributed by atoms with Gasteiger partial charge in [0.2, 0.25) is 17.7 Å². The van der Waals surface area contributed by atoms with Gasteiger partial charge in [0.1, 0.15) is 23.3 Å². The second-order valence-corrected chi connectivity index (χ2v) is 21.3. The molecule has 1 aromatic heterocycles. The average Bonchev–Trinajstić information content (AvgIpc) is 3.69. The summed E-state index contributed by atoms with van der Waals surface area (Å²) in [4.78, 5) is 115. The van der Waals surface area contributed by atoms with E-state index in [1.165, 1.54) is 16.8 Å². The van der Waals surface area contributed by atoms with Crippen LogP contribution in [0.25, 0.3) is 10.9 Å². The lowest BCUT2D eigenvalue weighted by molar-refractivity contribution is -0.197. The molecule has 4 atom stereocenters. The van der Waals surface area contributed by atoms with E-state index in [2.05, 4.69) is 10.6 Å². The number of ether oxygens (including phenoxy) is 2. The van der Waals surface area contributed by atoms with Gasteiger partial charge in [0.25, 0.3) is 11.8 Å². The molecule has 1 fully saturated rings. The first-order valence-electron chi connectivity index (χ1n) is 22.5. The largest absolute Gasteiger partial charge is 0.460 e. The number of carbonyl (C=O) groups is 8. The third-order valence-electron chi connectivity index (χ3n) is 11.3. The fourth-order valence-electron chi connectivity index (χ4n) is 7.94. The minimum Gasteiger partial charge on any atom is -0.460 e. The van der Waals surface area contributed by atoms with Crippen molar-refractivity contribution in [3.05, 3.63) is 47.7 Å². The lowest BCUT2D eigenvalue weighted by Gasteiger charge is -2.42. The molecular formula is C49H74N6O11. The SMILES string of the molecule is CC(=CC(C(C)C)N(C)C(=O)C(NC(=O)C(N(C)C(=O)OC(C)(C)C)C(C)(C)c1cn(C)c2ccccc12)C(C)(C)C)C(=O)NC(CCC(=O)ON1C(=O)CCC1=O)CC(=O)OC(C)(C)C. The maximum atomic E-state index is 14.9. The number of carbonyl (C=O) groups excluding carboxylic acids is 8. The van der Waals surface area contributed by atoms with Gasteiger partial charge in [-0.15, -0.1) is 5.06 Å². The van der Waals surface area contributed by atoms with Crippen LogP contribution in [0.5, 0.6) is 0 Å². The zero-order valence-corrected chi connectivity index (χ0v) is 42.2. The Morgan fingerprint density at radius 3 is 1.89 bits per heavy atom. The van der Waals surface area contributed by atoms with Gasteiger partial charge in [-0.05, 0) is 77.8 Å². The van der Waals surface area contributed by atoms with Gasteiger partial charge < -0.3 is 34.4 Å². The molecule has 1 aliphatic rings. The molecule has 6 amide bonds. The number of hydrogen-bond donors (Lipinski definition) is 2. The number of hydroxylamine groups is 2. The Morgan fingerprint density at radius 1 is 0.803 bits per heavy atom. The summed E-state index contributed by atoms with van der Waals surface area (Å²) in [5.74, 6) is -4.64. The molecule has 17 nitrogen and oxygen atoms in total. The van der Waals surface area contributed by atoms with E-state index >= 15 is 0 Å². The third-order valence-corrected chi connectivity index (χ3v) is 11.3. The molecule has 0 aliphatic carbocycles. The predicted molar refractivity (Wildman–Crippen MR) is 249 cm³/mol. The van der Waals surface area contributed by atoms with Crippen molar-refractivity contribution in [2.75, 3.05) is 14.1 Å². The first-order chi connectivity index (χ1) is 30.2. The summed E-state index contributed by atoms with van der Waals surface area (Å²) in [6.07, 6.45) is 1.99. The Bertz CT molecular complexity index is 2170. The fourth-order valence-corrected chi connectivity index (χ4v) is 7.94. The van der Waals surface area contributed by atoms with Gasteiger partial charge >= 0.3 is 18.0 Å². The van der Waals surface area contributed by atoms with E-state index in [1.807, 2.05) is 90.5 Å². The number of benzene rings is 1. The van der Waals surface area contributed by atoms with Crippen LogP contribution in [0, 0.1) is 11.3 Å². The van der Waals surface area contributed by atoms with Gasteiger partial charge in [0.15, 0.2) is 0 Å². The zero-order chi connectivity index (χ0) is 50.4. The lowest BCUT2D eigenvalue weighted by Crippen LogP contribution is -2.63. The molecule has 1 aliphatic heterocycles. The highest BCUT2D eigenvalue weighted by Gasteiger charge is 2.47. The topological polar surface area (TPSA) is 203 Å². The van der Waals surface area contributed by atoms with Crippen molar-refractivity contribution < 1.29 is 52.7 Å². The molecule has 1 saturated heterocycles. The molecule has 0 saturated carbocycles. The van der Waals surface area contributed by atoms with Gasteiger partial charge in [0.05, 0.1) is 12.5 Å². The maximum absolute atomic E-state index is 14.9. The van der Waals surface area contributed by atoms with E-state index in [0.29, 0.717) is 5.06 Å². The van der Waals surface area contributed by atoms with Gasteiger partial charge in [-0.3, -0.25) is 33.7 Å². The molecule has 17 heteroatoms. The lowest BCUT2D eigenvalue weighted by atomic mass is 9.76. The Balaban J connectivity index is 1.95. The van der Waals surface area contributed by atoms with Crippen molar-refractivity contribution in [1.82, 2.24) is 30.1 Å². The van der Waals surface area contributed by atoms with E-state index in [4.69, 9.17) is 14.3 Å². The van der Waals surface area contributed by atoms with Crippen molar-refractivity contribution in [3.8, 4) is 0 Å². The number of likely N-dealkylation sites (N-methyl/N-ethyl adjacent to an activating group) is 2. The molecule has 4 unspecified atom stereocenters. The number of nitrogens with one attached hydrogen (secondary N) is 2. The molecule has 66 heavy (non-hydrogen) atoms. The number of para-hydroxylation sites is 1. The summed E-state index contributed by atoms with van der Waals surface area (Å²) in [6.45, 7) is 24.9. The van der Waals surface area contributed by atoms with Gasteiger partial charge in [-0.25, -0.2) is 9.59 Å². The molecule has 366 valence electrons. The van der Waals surface area contributed by atoms with Crippen LogP contribution in [-0.2, 0) is 60.3 Å². The van der Waals surface area contributed by atoms with Crippen LogP contribution >= 0.6 is 0 Å². The summed E-state index contributed by atoms with van der Waals surface area (Å²) < 4.78 is 13.2. The molecule has 1 aromatic carbocycles. The number of aromatic nitrogens is 1. The van der Waals surface area contributed by atoms with Crippen LogP contribution in [0.1, 0.15) is 135 Å². The number of nitrogens with zero attached hydrogens (tertiary/aromatic N) is 4. The minimum atomic E-state index is -1.16. The molecule has 2 heterocycles. The second-order valence-electron chi connectivity index (χ2n) is 21.3. The number of amides is 6. The first-order valence-corrected chi connectivity index (χ1v) is 22.5. The normalized spacial score (nSPS) is 15.8. The molecular weight excluding hydrogens is 849 g/mol. The highest BCUT2D eigenvalue weighted by molar-refractivity contribution is 6.01. The Hall–Kier alpha value is -5.74. The van der Waals surface area contributed by atoms with Gasteiger partial charge in [-0.1, -0.05) is 72.7 Å². The van der Waals surface area contributed by atoms with E-state index < -0.39 is 93.8 Å². The van der Waals surface area contributed by atoms with Crippen molar-refractivity contribution in [2.45, 2.75) is 170 Å². The predicted octanol–water partition coefficient (Wildman–Crippen LogP) is 6.26. The van der Waals surface area contributed by atoms with Crippen LogP contribution in [0.15, 0.2) is 42.1 Å². The van der Waals surface area contributed by atoms with Crippen molar-refractivity contribution in [2.24, 2.45) is 18.4 Å². The molecule has 2 aromatic rings. The quantitative estimate of drug-likeness (QED) is 0.103.